The minimum atomic E-state index is 0. The van der Waals surface area contributed by atoms with Crippen LogP contribution >= 0.6 is 0 Å². The third-order valence-corrected chi connectivity index (χ3v) is 1.56. The van der Waals surface area contributed by atoms with E-state index in [0.717, 1.165) is 5.75 Å². The molecule has 0 spiro atoms. The molecule has 0 aliphatic heterocycles. The smallest absolute Gasteiger partial charge is 0.122 e. The Kier molecular flexibility index (Phi) is 3.61. The van der Waals surface area contributed by atoms with Crippen LogP contribution in [0.25, 0.3) is 0 Å². The summed E-state index contributed by atoms with van der Waals surface area (Å²) in [5.74, 6) is 0.972. The second-order valence-electron chi connectivity index (χ2n) is 2.47. The molecule has 0 aromatic heterocycles. The molecule has 0 aliphatic rings. The van der Waals surface area contributed by atoms with E-state index < -0.39 is 0 Å². The molecule has 62 valence electrons. The number of hydrogen-bond acceptors (Lipinski definition) is 2. The highest BCUT2D eigenvalue weighted by atomic mass is 16.5. The Hall–Kier alpha value is -1.02. The van der Waals surface area contributed by atoms with E-state index in [9.17, 15) is 0 Å². The molecule has 0 aliphatic carbocycles. The molecule has 1 aromatic carbocycles. The first-order valence-corrected chi connectivity index (χ1v) is 3.35. The van der Waals surface area contributed by atoms with Crippen LogP contribution < -0.4 is 10.9 Å². The normalized spacial score (nSPS) is 8.64. The molecule has 2 nitrogen and oxygen atoms in total. The van der Waals surface area contributed by atoms with E-state index in [4.69, 9.17) is 4.74 Å². The summed E-state index contributed by atoms with van der Waals surface area (Å²) >= 11 is 0. The van der Waals surface area contributed by atoms with Gasteiger partial charge in [-0.1, -0.05) is 12.1 Å². The Balaban J connectivity index is 0.000001000. The lowest BCUT2D eigenvalue weighted by atomic mass is 10.1. The molecule has 1 aromatic rings. The number of hydrogen-bond donors (Lipinski definition) is 1. The van der Waals surface area contributed by atoms with Crippen molar-refractivity contribution in [3.63, 3.8) is 0 Å². The second-order valence-corrected chi connectivity index (χ2v) is 2.47. The van der Waals surface area contributed by atoms with Crippen LogP contribution in [0.5, 0.6) is 5.75 Å². The number of aryl methyl sites for hydroxylation is 2. The van der Waals surface area contributed by atoms with Gasteiger partial charge < -0.3 is 10.9 Å². The monoisotopic (exact) mass is 153 g/mol. The molecule has 0 heterocycles. The van der Waals surface area contributed by atoms with Crippen LogP contribution in [0, 0.1) is 13.8 Å². The van der Waals surface area contributed by atoms with E-state index in [1.165, 1.54) is 11.1 Å². The van der Waals surface area contributed by atoms with E-state index in [1.807, 2.05) is 13.0 Å². The summed E-state index contributed by atoms with van der Waals surface area (Å²) in [6, 6.07) is 6.18. The second kappa shape index (κ2) is 3.98. The Morgan fingerprint density at radius 3 is 2.27 bits per heavy atom. The molecule has 0 saturated carbocycles. The van der Waals surface area contributed by atoms with E-state index in [0.29, 0.717) is 0 Å². The predicted molar refractivity (Wildman–Crippen MR) is 47.5 cm³/mol. The van der Waals surface area contributed by atoms with Crippen LogP contribution in [0.15, 0.2) is 18.2 Å². The average Bonchev–Trinajstić information content (AvgIpc) is 1.94. The highest BCUT2D eigenvalue weighted by molar-refractivity contribution is 5.35. The summed E-state index contributed by atoms with van der Waals surface area (Å²) < 4.78 is 5.13. The van der Waals surface area contributed by atoms with Gasteiger partial charge in [-0.2, -0.15) is 0 Å². The molecule has 0 amide bonds. The molecule has 0 radical (unpaired) electrons. The molecule has 1 rings (SSSR count). The zero-order valence-corrected chi connectivity index (χ0v) is 7.35. The van der Waals surface area contributed by atoms with Crippen molar-refractivity contribution in [3.05, 3.63) is 29.3 Å². The fourth-order valence-electron chi connectivity index (χ4n) is 0.927. The Morgan fingerprint density at radius 1 is 1.18 bits per heavy atom. The third-order valence-electron chi connectivity index (χ3n) is 1.56. The molecule has 0 atom stereocenters. The fourth-order valence-corrected chi connectivity index (χ4v) is 0.927. The van der Waals surface area contributed by atoms with Gasteiger partial charge in [0.05, 0.1) is 7.11 Å². The van der Waals surface area contributed by atoms with Crippen molar-refractivity contribution in [2.75, 3.05) is 7.11 Å². The van der Waals surface area contributed by atoms with Gasteiger partial charge in [-0.15, -0.1) is 0 Å². The lowest BCUT2D eigenvalue weighted by Gasteiger charge is -2.03. The molecule has 0 unspecified atom stereocenters. The van der Waals surface area contributed by atoms with Crippen molar-refractivity contribution >= 4 is 0 Å². The summed E-state index contributed by atoms with van der Waals surface area (Å²) in [6.07, 6.45) is 0. The van der Waals surface area contributed by atoms with E-state index in [-0.39, 0.29) is 6.15 Å². The molecular weight excluding hydrogens is 138 g/mol. The summed E-state index contributed by atoms with van der Waals surface area (Å²) in [6.45, 7) is 4.10. The van der Waals surface area contributed by atoms with Gasteiger partial charge in [-0.25, -0.2) is 0 Å². The predicted octanol–water partition coefficient (Wildman–Crippen LogP) is 2.47. The first kappa shape index (κ1) is 9.98. The Labute approximate surface area is 67.8 Å². The highest BCUT2D eigenvalue weighted by Crippen LogP contribution is 2.17. The zero-order chi connectivity index (χ0) is 7.56. The van der Waals surface area contributed by atoms with Gasteiger partial charge in [0.1, 0.15) is 5.75 Å². The number of ether oxygens (including phenoxy) is 1. The van der Waals surface area contributed by atoms with Crippen LogP contribution in [0.1, 0.15) is 11.1 Å². The Bertz CT molecular complexity index is 233. The lowest BCUT2D eigenvalue weighted by Crippen LogP contribution is -1.86. The number of rotatable bonds is 1. The molecule has 2 heteroatoms. The summed E-state index contributed by atoms with van der Waals surface area (Å²) in [5.41, 5.74) is 2.43. The fraction of sp³-hybridized carbons (Fsp3) is 0.333. The van der Waals surface area contributed by atoms with Crippen molar-refractivity contribution < 1.29 is 4.74 Å². The number of benzene rings is 1. The van der Waals surface area contributed by atoms with Crippen LogP contribution in [-0.4, -0.2) is 7.11 Å². The van der Waals surface area contributed by atoms with Crippen molar-refractivity contribution in [3.8, 4) is 5.75 Å². The first-order chi connectivity index (χ1) is 4.74. The standard InChI is InChI=1S/C9H12O.H3N/c1-7-4-5-8(2)9(6-7)10-3;/h4-6H,1-3H3;1H3. The molecular formula is C9H15NO. The lowest BCUT2D eigenvalue weighted by molar-refractivity contribution is 0.411. The van der Waals surface area contributed by atoms with Crippen molar-refractivity contribution in [2.45, 2.75) is 13.8 Å². The van der Waals surface area contributed by atoms with Gasteiger partial charge in [0.2, 0.25) is 0 Å². The van der Waals surface area contributed by atoms with Gasteiger partial charge in [-0.3, -0.25) is 0 Å². The molecule has 11 heavy (non-hydrogen) atoms. The minimum Gasteiger partial charge on any atom is -0.496 e. The van der Waals surface area contributed by atoms with Crippen molar-refractivity contribution in [1.82, 2.24) is 6.15 Å². The van der Waals surface area contributed by atoms with Gasteiger partial charge in [0, 0.05) is 0 Å². The molecule has 0 bridgehead atoms. The molecule has 0 fully saturated rings. The Morgan fingerprint density at radius 2 is 1.82 bits per heavy atom. The molecule has 0 saturated heterocycles. The van der Waals surface area contributed by atoms with Crippen LogP contribution in [0.3, 0.4) is 0 Å². The average molecular weight is 153 g/mol. The maximum absolute atomic E-state index is 5.13. The topological polar surface area (TPSA) is 44.2 Å². The zero-order valence-electron chi connectivity index (χ0n) is 7.35. The van der Waals surface area contributed by atoms with Gasteiger partial charge >= 0.3 is 0 Å². The van der Waals surface area contributed by atoms with Gasteiger partial charge in [-0.05, 0) is 31.0 Å². The SMILES string of the molecule is COc1cc(C)ccc1C.N. The van der Waals surface area contributed by atoms with Gasteiger partial charge in [0.25, 0.3) is 0 Å². The summed E-state index contributed by atoms with van der Waals surface area (Å²) in [5, 5.41) is 0. The van der Waals surface area contributed by atoms with E-state index in [2.05, 4.69) is 19.1 Å². The molecule has 3 N–H and O–H groups in total. The van der Waals surface area contributed by atoms with Crippen molar-refractivity contribution in [1.29, 1.82) is 0 Å². The minimum absolute atomic E-state index is 0. The van der Waals surface area contributed by atoms with Crippen LogP contribution in [0.2, 0.25) is 0 Å². The number of methoxy groups -OCH3 is 1. The first-order valence-electron chi connectivity index (χ1n) is 3.35. The largest absolute Gasteiger partial charge is 0.496 e. The third kappa shape index (κ3) is 2.24. The maximum atomic E-state index is 5.13. The van der Waals surface area contributed by atoms with E-state index >= 15 is 0 Å². The summed E-state index contributed by atoms with van der Waals surface area (Å²) in [4.78, 5) is 0. The summed E-state index contributed by atoms with van der Waals surface area (Å²) in [7, 11) is 1.70. The highest BCUT2D eigenvalue weighted by Gasteiger charge is 1.94. The van der Waals surface area contributed by atoms with Gasteiger partial charge in [0.15, 0.2) is 0 Å². The van der Waals surface area contributed by atoms with E-state index in [1.54, 1.807) is 7.11 Å². The van der Waals surface area contributed by atoms with Crippen molar-refractivity contribution in [2.24, 2.45) is 0 Å². The maximum Gasteiger partial charge on any atom is 0.122 e. The quantitative estimate of drug-likeness (QED) is 0.673. The van der Waals surface area contributed by atoms with Crippen LogP contribution in [0.4, 0.5) is 0 Å². The van der Waals surface area contributed by atoms with Crippen LogP contribution in [-0.2, 0) is 0 Å².